The molecule has 9 heterocycles. The maximum Gasteiger partial charge on any atom is 1.00 e. The second-order valence-corrected chi connectivity index (χ2v) is 21.0. The van der Waals surface area contributed by atoms with E-state index in [0.717, 1.165) is 88.7 Å². The van der Waals surface area contributed by atoms with Crippen LogP contribution >= 0.6 is 0 Å². The third-order valence-electron chi connectivity index (χ3n) is 14.1. The molecule has 5 N–H and O–H groups in total. The van der Waals surface area contributed by atoms with Crippen molar-refractivity contribution in [1.82, 2.24) is 24.9 Å². The smallest absolute Gasteiger partial charge is 0.499 e. The fraction of sp³-hybridized carbons (Fsp3) is 0.154. The number of hydrogen-bond donors (Lipinski definition) is 5. The maximum atomic E-state index is 9.53. The number of ether oxygens (including phenoxy) is 5. The van der Waals surface area contributed by atoms with Crippen molar-refractivity contribution in [1.29, 1.82) is 0 Å². The first kappa shape index (κ1) is 83.7. The average molecular weight is 1630 g/mol. The van der Waals surface area contributed by atoms with Crippen LogP contribution in [0.5, 0.6) is 58.1 Å². The number of rotatable bonds is 10. The summed E-state index contributed by atoms with van der Waals surface area (Å²) in [5.41, 5.74) is 13.6. The molecule has 0 unspecified atom stereocenters. The summed E-state index contributed by atoms with van der Waals surface area (Å²) in [4.78, 5) is 20.3. The Labute approximate surface area is 798 Å². The van der Waals surface area contributed by atoms with Crippen molar-refractivity contribution in [2.24, 2.45) is 0 Å². The third kappa shape index (κ3) is 24.2. The van der Waals surface area contributed by atoms with Gasteiger partial charge in [-0.2, -0.15) is 47.5 Å². The molecule has 5 aliphatic heterocycles. The summed E-state index contributed by atoms with van der Waals surface area (Å²) < 4.78 is 53.7. The Morgan fingerprint density at radius 2 is 0.842 bits per heavy atom. The van der Waals surface area contributed by atoms with Gasteiger partial charge in [-0.05, 0) is 122 Å². The number of nitrogens with zero attached hydrogens (tertiary/aromatic N) is 5. The van der Waals surface area contributed by atoms with Crippen LogP contribution in [0.4, 0.5) is 0 Å². The van der Waals surface area contributed by atoms with E-state index in [-0.39, 0.29) is 297 Å². The summed E-state index contributed by atoms with van der Waals surface area (Å²) in [6.45, 7) is 11.7. The van der Waals surface area contributed by atoms with Crippen molar-refractivity contribution in [2.45, 2.75) is 67.7 Å². The van der Waals surface area contributed by atoms with Gasteiger partial charge in [-0.15, -0.1) is 36.2 Å². The van der Waals surface area contributed by atoms with Gasteiger partial charge in [0.2, 0.25) is 6.01 Å². The fourth-order valence-electron chi connectivity index (χ4n) is 9.33. The quantitative estimate of drug-likeness (QED) is 0.0630. The fourth-order valence-corrected chi connectivity index (χ4v) is 9.33. The number of aromatic nitrogens is 5. The number of fused-ring (bicyclic) bond motifs is 5. The van der Waals surface area contributed by atoms with Gasteiger partial charge in [0.25, 0.3) is 0 Å². The molecule has 15 rings (SSSR count). The molecule has 0 spiro atoms. The van der Waals surface area contributed by atoms with Crippen LogP contribution in [0.2, 0.25) is 0 Å². The Balaban J connectivity index is 0.000000186. The number of hydrogen-bond acceptors (Lipinski definition) is 20. The largest absolute Gasteiger partial charge is 1.00 e. The molecule has 95 heavy (non-hydrogen) atoms. The zero-order chi connectivity index (χ0) is 62.7. The van der Waals surface area contributed by atoms with Crippen LogP contribution in [0.1, 0.15) is 55.6 Å². The van der Waals surface area contributed by atoms with Gasteiger partial charge in [0.1, 0.15) is 46.4 Å². The molecule has 450 valence electrons. The Hall–Kier alpha value is -0.199. The summed E-state index contributed by atoms with van der Waals surface area (Å²) in [7, 11) is -4.10. The zero-order valence-electron chi connectivity index (χ0n) is 54.4. The van der Waals surface area contributed by atoms with E-state index in [1.165, 1.54) is 0 Å². The first-order valence-corrected chi connectivity index (χ1v) is 28.4. The molecule has 5 aliphatic rings. The molecule has 10 aromatic rings. The number of aryl methyl sites for hydroxylation is 5. The predicted octanol–water partition coefficient (Wildman–Crippen LogP) is -8.98. The number of benzene rings is 6. The van der Waals surface area contributed by atoms with Crippen molar-refractivity contribution >= 4 is 62.9 Å². The van der Waals surface area contributed by atoms with Crippen molar-refractivity contribution in [3.05, 3.63) is 238 Å². The van der Waals surface area contributed by atoms with E-state index in [0.29, 0.717) is 79.4 Å². The molecule has 0 amide bonds. The monoisotopic (exact) mass is 1620 g/mol. The van der Waals surface area contributed by atoms with Gasteiger partial charge in [0.05, 0.1) is 33.0 Å². The third-order valence-corrected chi connectivity index (χ3v) is 14.1. The van der Waals surface area contributed by atoms with Crippen LogP contribution in [-0.2, 0) is 56.3 Å². The summed E-state index contributed by atoms with van der Waals surface area (Å²) in [6, 6.07) is 49.4. The van der Waals surface area contributed by atoms with Crippen LogP contribution in [0, 0.1) is 65.2 Å². The van der Waals surface area contributed by atoms with Crippen LogP contribution in [0.3, 0.4) is 0 Å². The first-order chi connectivity index (χ1) is 43.6. The summed E-state index contributed by atoms with van der Waals surface area (Å²) in [5, 5.41) is 47.6. The van der Waals surface area contributed by atoms with E-state index >= 15 is 0 Å². The van der Waals surface area contributed by atoms with Crippen LogP contribution in [-0.4, -0.2) is 85.6 Å². The van der Waals surface area contributed by atoms with E-state index in [9.17, 15) is 25.1 Å². The average Bonchev–Trinajstić information content (AvgIpc) is 1.81. The Morgan fingerprint density at radius 1 is 0.400 bits per heavy atom. The summed E-state index contributed by atoms with van der Waals surface area (Å²) in [5.74, 6) is 5.52. The molecular weight excluding hydrogens is 1570 g/mol. The minimum atomic E-state index is -0.835. The van der Waals surface area contributed by atoms with Crippen molar-refractivity contribution in [3.8, 4) is 58.1 Å². The molecule has 0 fully saturated rings. The van der Waals surface area contributed by atoms with Crippen molar-refractivity contribution in [3.63, 3.8) is 0 Å². The Kier molecular flexibility index (Phi) is 36.4. The minimum Gasteiger partial charge on any atom is -0.499 e. The number of pyridine rings is 3. The van der Waals surface area contributed by atoms with Gasteiger partial charge >= 0.3 is 327 Å². The van der Waals surface area contributed by atoms with E-state index in [1.807, 2.05) is 113 Å². The van der Waals surface area contributed by atoms with Crippen molar-refractivity contribution < 1.29 is 363 Å². The minimum absolute atomic E-state index is 0. The predicted molar refractivity (Wildman–Crippen MR) is 334 cm³/mol. The summed E-state index contributed by atoms with van der Waals surface area (Å²) in [6.07, 6.45) is 10.6. The molecule has 0 atom stereocenters. The van der Waals surface area contributed by atoms with Gasteiger partial charge in [0.15, 0.2) is 0 Å². The Bertz CT molecular complexity index is 3700. The summed E-state index contributed by atoms with van der Waals surface area (Å²) >= 11 is 0. The molecule has 30 heteroatoms. The first-order valence-electron chi connectivity index (χ1n) is 28.4. The molecule has 0 bridgehead atoms. The molecule has 20 nitrogen and oxygen atoms in total. The zero-order valence-corrected chi connectivity index (χ0v) is 79.0. The van der Waals surface area contributed by atoms with Gasteiger partial charge in [-0.25, -0.2) is 6.07 Å². The molecule has 0 saturated carbocycles. The Morgan fingerprint density at radius 3 is 1.25 bits per heavy atom. The molecule has 0 saturated heterocycles. The van der Waals surface area contributed by atoms with E-state index < -0.39 is 35.6 Å². The maximum absolute atomic E-state index is 9.53. The van der Waals surface area contributed by atoms with E-state index in [1.54, 1.807) is 73.2 Å². The van der Waals surface area contributed by atoms with E-state index in [2.05, 4.69) is 55.5 Å². The topological polar surface area (TPSA) is 258 Å². The van der Waals surface area contributed by atoms with Crippen LogP contribution in [0.25, 0.3) is 0 Å². The normalized spacial score (nSPS) is 12.8. The standard InChI is InChI=1S/C14H12BO3.3C13H11BNO3.C12H10BN2O3.5Rb/c1-10-2-4-12(5-3-10)18-13-6-7-14-11(8-13)9-17-15(14)16;2*1-9-2-5-13(15-7-9)18-11-3-4-12-10(6-11)8-17-14(12)16;1-9-3-2-6-15-13(9)18-11-4-5-12-10(7-11)8-17-14(12)16;1-8-5-14-12(15-6-8)18-10-2-3-11-9(4-10)7-17-13(11)16;;;;;/h2-4,6-8,16H,9H2,1H3;3-7,16H,8H2,1H3;2-4,6-7,16H,8H2,1H3;2-5,7,16H,8H2,1H3;2-5,16H,7H2,1H3;;;;;/q5*-1;5*+1. The van der Waals surface area contributed by atoms with Crippen molar-refractivity contribution in [2.75, 3.05) is 0 Å². The second-order valence-electron chi connectivity index (χ2n) is 21.0. The molecule has 0 radical (unpaired) electrons. The molecule has 6 aromatic carbocycles. The molecule has 4 aromatic heterocycles. The molecular formula is C65H55B5N5O15Rb5. The van der Waals surface area contributed by atoms with Crippen LogP contribution < -0.4 is 342 Å². The van der Waals surface area contributed by atoms with Gasteiger partial charge < -0.3 is 92.0 Å². The molecule has 0 aliphatic carbocycles. The van der Waals surface area contributed by atoms with Gasteiger partial charge in [-0.3, -0.25) is 4.98 Å². The van der Waals surface area contributed by atoms with Crippen LogP contribution in [0.15, 0.2) is 152 Å². The second kappa shape index (κ2) is 41.3. The van der Waals surface area contributed by atoms with Gasteiger partial charge in [-0.1, -0.05) is 88.4 Å². The SMILES string of the molecule is Cc1[c-]cc(Oc2ccc3c(c2)COB3O)nc1.Cc1[c-]nc(Oc2ccc3c(c2)COB3O)nc1.Cc1c[c-]c(Oc2ccc3c(c2)COB3O)cc1.Cc1c[c-]c(Oc2ccc3c(c2)COB3O)nc1.Cc1cc[c-]nc1Oc1ccc2c(c1)COB2O.[Rb+].[Rb+].[Rb+].[Rb+].[Rb+]. The van der Waals surface area contributed by atoms with Gasteiger partial charge in [0, 0.05) is 5.75 Å². The van der Waals surface area contributed by atoms with E-state index in [4.69, 9.17) is 47.0 Å².